The Balaban J connectivity index is 0.000000183. The van der Waals surface area contributed by atoms with E-state index in [0.29, 0.717) is 55.9 Å². The third kappa shape index (κ3) is 10.4. The molecule has 51 heavy (non-hydrogen) atoms. The average molecular weight is 703 g/mol. The monoisotopic (exact) mass is 702 g/mol. The number of amides is 2. The second-order valence-corrected chi connectivity index (χ2v) is 13.8. The predicted molar refractivity (Wildman–Crippen MR) is 192 cm³/mol. The number of benzene rings is 3. The number of nitrogens with zero attached hydrogens (tertiary/aromatic N) is 2. The Labute approximate surface area is 299 Å². The topological polar surface area (TPSA) is 131 Å². The number of hydrogen-bond donors (Lipinski definition) is 3. The van der Waals surface area contributed by atoms with Crippen LogP contribution in [-0.4, -0.2) is 106 Å². The Hall–Kier alpha value is -4.68. The van der Waals surface area contributed by atoms with E-state index in [9.17, 15) is 14.7 Å². The Morgan fingerprint density at radius 3 is 1.76 bits per heavy atom. The highest BCUT2D eigenvalue weighted by atomic mass is 16.6. The molecular formula is C39H50N4O8. The number of aromatic hydroxyl groups is 1. The molecule has 274 valence electrons. The molecule has 0 aliphatic carbocycles. The quantitative estimate of drug-likeness (QED) is 0.302. The van der Waals surface area contributed by atoms with Gasteiger partial charge in [-0.15, -0.1) is 0 Å². The average Bonchev–Trinajstić information content (AvgIpc) is 3.16. The number of rotatable bonds is 9. The Morgan fingerprint density at radius 2 is 1.22 bits per heavy atom. The molecule has 7 rings (SSSR count). The van der Waals surface area contributed by atoms with Gasteiger partial charge < -0.3 is 49.2 Å². The first kappa shape index (κ1) is 36.1. The predicted octanol–water partition coefficient (Wildman–Crippen LogP) is 3.85. The lowest BCUT2D eigenvalue weighted by atomic mass is 9.96. The maximum atomic E-state index is 12.4. The SMILES string of the molecule is CN1CCC(C(=O)NC[C@@H]2COc3ccc(O)cc3O2)CC1.CN1CCC(C(=O)NC[C@@H]2COc3ccc(OCc4ccccc4)cc3O2)CC1. The normalized spacial score (nSPS) is 20.7. The van der Waals surface area contributed by atoms with Crippen molar-refractivity contribution in [1.82, 2.24) is 20.4 Å². The second-order valence-electron chi connectivity index (χ2n) is 13.8. The van der Waals surface area contributed by atoms with Crippen molar-refractivity contribution in [2.24, 2.45) is 11.8 Å². The van der Waals surface area contributed by atoms with Crippen LogP contribution in [0.3, 0.4) is 0 Å². The first-order chi connectivity index (χ1) is 24.8. The highest BCUT2D eigenvalue weighted by molar-refractivity contribution is 5.79. The van der Waals surface area contributed by atoms with Crippen LogP contribution in [0.1, 0.15) is 31.2 Å². The fourth-order valence-corrected chi connectivity index (χ4v) is 6.49. The summed E-state index contributed by atoms with van der Waals surface area (Å²) in [5.41, 5.74) is 1.11. The number of hydrogen-bond acceptors (Lipinski definition) is 10. The van der Waals surface area contributed by atoms with Gasteiger partial charge in [0, 0.05) is 24.0 Å². The summed E-state index contributed by atoms with van der Waals surface area (Å²) in [4.78, 5) is 29.1. The Morgan fingerprint density at radius 1 is 0.706 bits per heavy atom. The molecule has 0 unspecified atom stereocenters. The van der Waals surface area contributed by atoms with Crippen molar-refractivity contribution in [2.75, 3.05) is 66.6 Å². The molecule has 4 aliphatic heterocycles. The molecule has 0 bridgehead atoms. The van der Waals surface area contributed by atoms with E-state index in [1.165, 1.54) is 6.07 Å². The smallest absolute Gasteiger partial charge is 0.223 e. The van der Waals surface area contributed by atoms with Crippen LogP contribution in [-0.2, 0) is 16.2 Å². The minimum absolute atomic E-state index is 0.0945. The number of fused-ring (bicyclic) bond motifs is 2. The maximum Gasteiger partial charge on any atom is 0.223 e. The van der Waals surface area contributed by atoms with Crippen LogP contribution in [0.2, 0.25) is 0 Å². The van der Waals surface area contributed by atoms with Gasteiger partial charge in [-0.3, -0.25) is 9.59 Å². The zero-order valence-electron chi connectivity index (χ0n) is 29.6. The number of carbonyl (C=O) groups excluding carboxylic acids is 2. The number of likely N-dealkylation sites (tertiary alicyclic amines) is 2. The van der Waals surface area contributed by atoms with Gasteiger partial charge in [-0.2, -0.15) is 0 Å². The van der Waals surface area contributed by atoms with E-state index >= 15 is 0 Å². The summed E-state index contributed by atoms with van der Waals surface area (Å²) in [7, 11) is 4.17. The minimum Gasteiger partial charge on any atom is -0.508 e. The van der Waals surface area contributed by atoms with E-state index in [1.807, 2.05) is 48.5 Å². The van der Waals surface area contributed by atoms with Gasteiger partial charge in [0.25, 0.3) is 0 Å². The van der Waals surface area contributed by atoms with E-state index in [1.54, 1.807) is 12.1 Å². The van der Waals surface area contributed by atoms with Gasteiger partial charge in [-0.05, 0) is 95.8 Å². The molecule has 12 heteroatoms. The lowest BCUT2D eigenvalue weighted by Crippen LogP contribution is -2.44. The van der Waals surface area contributed by atoms with Crippen LogP contribution in [0.25, 0.3) is 0 Å². The molecule has 4 heterocycles. The zero-order chi connectivity index (χ0) is 35.6. The molecule has 3 aromatic rings. The van der Waals surface area contributed by atoms with Crippen molar-refractivity contribution in [1.29, 1.82) is 0 Å². The van der Waals surface area contributed by atoms with Crippen LogP contribution < -0.4 is 34.3 Å². The molecule has 2 amide bonds. The number of piperidine rings is 2. The molecule has 0 saturated carbocycles. The first-order valence-corrected chi connectivity index (χ1v) is 17.9. The highest BCUT2D eigenvalue weighted by Gasteiger charge is 2.28. The molecule has 0 radical (unpaired) electrons. The van der Waals surface area contributed by atoms with Gasteiger partial charge in [0.15, 0.2) is 23.0 Å². The summed E-state index contributed by atoms with van der Waals surface area (Å²) in [6.45, 7) is 6.05. The fourth-order valence-electron chi connectivity index (χ4n) is 6.49. The largest absolute Gasteiger partial charge is 0.508 e. The summed E-state index contributed by atoms with van der Waals surface area (Å²) in [5, 5.41) is 15.5. The number of carbonyl (C=O) groups is 2. The van der Waals surface area contributed by atoms with Crippen molar-refractivity contribution < 1.29 is 38.4 Å². The van der Waals surface area contributed by atoms with Gasteiger partial charge in [-0.25, -0.2) is 0 Å². The van der Waals surface area contributed by atoms with Crippen molar-refractivity contribution >= 4 is 11.8 Å². The first-order valence-electron chi connectivity index (χ1n) is 17.9. The van der Waals surface area contributed by atoms with Gasteiger partial charge in [0.05, 0.1) is 13.1 Å². The van der Waals surface area contributed by atoms with Crippen LogP contribution in [0.4, 0.5) is 0 Å². The van der Waals surface area contributed by atoms with Crippen molar-refractivity contribution in [3.05, 3.63) is 72.3 Å². The molecule has 4 aliphatic rings. The zero-order valence-corrected chi connectivity index (χ0v) is 29.6. The van der Waals surface area contributed by atoms with Crippen LogP contribution in [0.5, 0.6) is 34.5 Å². The fraction of sp³-hybridized carbons (Fsp3) is 0.487. The van der Waals surface area contributed by atoms with E-state index in [2.05, 4.69) is 34.5 Å². The molecule has 3 N–H and O–H groups in total. The van der Waals surface area contributed by atoms with Crippen molar-refractivity contribution in [3.63, 3.8) is 0 Å². The van der Waals surface area contributed by atoms with E-state index < -0.39 is 0 Å². The maximum absolute atomic E-state index is 12.4. The molecule has 2 saturated heterocycles. The molecule has 3 aromatic carbocycles. The van der Waals surface area contributed by atoms with Gasteiger partial charge >= 0.3 is 0 Å². The highest BCUT2D eigenvalue weighted by Crippen LogP contribution is 2.36. The van der Waals surface area contributed by atoms with Gasteiger partial charge in [0.2, 0.25) is 11.8 Å². The lowest BCUT2D eigenvalue weighted by molar-refractivity contribution is -0.127. The standard InChI is InChI=1S/C23H28N2O4.C16H22N2O4/c1-25-11-9-18(10-12-25)23(26)24-14-20-16-28-21-8-7-19(13-22(21)29-20)27-15-17-5-3-2-4-6-17;1-18-6-4-11(5-7-18)16(20)17-9-13-10-21-14-3-2-12(19)8-15(14)22-13/h2-8,13,18,20H,9-12,14-16H2,1H3,(H,24,26);2-3,8,11,13,19H,4-7,9-10H2,1H3,(H,17,20)/t20-;13-/m11/s1. The number of ether oxygens (including phenoxy) is 5. The number of phenols is 1. The second kappa shape index (κ2) is 17.5. The molecule has 0 spiro atoms. The Bertz CT molecular complexity index is 1590. The van der Waals surface area contributed by atoms with Crippen LogP contribution >= 0.6 is 0 Å². The minimum atomic E-state index is -0.232. The Kier molecular flexibility index (Phi) is 12.4. The molecule has 12 nitrogen and oxygen atoms in total. The summed E-state index contributed by atoms with van der Waals surface area (Å²) in [5.74, 6) is 3.77. The summed E-state index contributed by atoms with van der Waals surface area (Å²) < 4.78 is 29.1. The number of nitrogens with one attached hydrogen (secondary N) is 2. The molecule has 2 atom stereocenters. The van der Waals surface area contributed by atoms with E-state index in [4.69, 9.17) is 23.7 Å². The summed E-state index contributed by atoms with van der Waals surface area (Å²) in [6.07, 6.45) is 3.19. The van der Waals surface area contributed by atoms with Crippen LogP contribution in [0.15, 0.2) is 66.7 Å². The van der Waals surface area contributed by atoms with Crippen molar-refractivity contribution in [3.8, 4) is 34.5 Å². The molecular weight excluding hydrogens is 652 g/mol. The van der Waals surface area contributed by atoms with Gasteiger partial charge in [0.1, 0.15) is 43.5 Å². The van der Waals surface area contributed by atoms with Crippen molar-refractivity contribution in [2.45, 2.75) is 44.5 Å². The van der Waals surface area contributed by atoms with E-state index in [-0.39, 0.29) is 41.6 Å². The third-order valence-corrected chi connectivity index (χ3v) is 9.71. The number of phenolic OH excluding ortho intramolecular Hbond substituents is 1. The van der Waals surface area contributed by atoms with Crippen LogP contribution in [0, 0.1) is 11.8 Å². The molecule has 0 aromatic heterocycles. The summed E-state index contributed by atoms with van der Waals surface area (Å²) in [6, 6.07) is 20.4. The lowest BCUT2D eigenvalue weighted by Gasteiger charge is -2.30. The summed E-state index contributed by atoms with van der Waals surface area (Å²) >= 11 is 0. The third-order valence-electron chi connectivity index (χ3n) is 9.71. The van der Waals surface area contributed by atoms with E-state index in [0.717, 1.165) is 63.2 Å². The van der Waals surface area contributed by atoms with Gasteiger partial charge in [-0.1, -0.05) is 30.3 Å². The molecule has 2 fully saturated rings.